The Hall–Kier alpha value is -0.0500. The molecule has 3 heteroatoms. The van der Waals surface area contributed by atoms with E-state index in [1.54, 1.807) is 0 Å². The molecule has 0 radical (unpaired) electrons. The topological polar surface area (TPSA) is 9.23 Å². The molecule has 1 heterocycles. The van der Waals surface area contributed by atoms with Crippen molar-refractivity contribution in [2.45, 2.75) is 24.6 Å². The lowest BCUT2D eigenvalue weighted by molar-refractivity contribution is 0.0651. The van der Waals surface area contributed by atoms with E-state index in [9.17, 15) is 0 Å². The van der Waals surface area contributed by atoms with Crippen molar-refractivity contribution in [1.82, 2.24) is 0 Å². The van der Waals surface area contributed by atoms with Crippen molar-refractivity contribution in [2.75, 3.05) is 13.2 Å². The fraction of sp³-hybridized carbons (Fsp3) is 0.538. The standard InChI is InChI=1S/C13H16BrClO/c14-12-3-1-10(2-4-12)9-13(15)11-5-7-16-8-6-11/h1-4,11,13H,5-9H2. The van der Waals surface area contributed by atoms with Crippen molar-refractivity contribution in [3.8, 4) is 0 Å². The van der Waals surface area contributed by atoms with Crippen molar-refractivity contribution >= 4 is 27.5 Å². The maximum absolute atomic E-state index is 6.47. The predicted molar refractivity (Wildman–Crippen MR) is 71.0 cm³/mol. The van der Waals surface area contributed by atoms with Gasteiger partial charge in [-0.15, -0.1) is 11.6 Å². The maximum atomic E-state index is 6.47. The van der Waals surface area contributed by atoms with Crippen LogP contribution in [0.3, 0.4) is 0 Å². The monoisotopic (exact) mass is 302 g/mol. The summed E-state index contributed by atoms with van der Waals surface area (Å²) in [7, 11) is 0. The third-order valence-corrected chi connectivity index (χ3v) is 4.16. The van der Waals surface area contributed by atoms with Gasteiger partial charge in [0.2, 0.25) is 0 Å². The number of hydrogen-bond acceptors (Lipinski definition) is 1. The molecule has 0 aliphatic carbocycles. The molecule has 1 aromatic carbocycles. The Labute approximate surface area is 110 Å². The average molecular weight is 304 g/mol. The van der Waals surface area contributed by atoms with Gasteiger partial charge in [0.25, 0.3) is 0 Å². The minimum absolute atomic E-state index is 0.241. The van der Waals surface area contributed by atoms with Gasteiger partial charge in [0, 0.05) is 23.1 Å². The molecule has 1 saturated heterocycles. The summed E-state index contributed by atoms with van der Waals surface area (Å²) >= 11 is 9.91. The molecule has 1 fully saturated rings. The van der Waals surface area contributed by atoms with Gasteiger partial charge >= 0.3 is 0 Å². The first-order valence-corrected chi connectivity index (χ1v) is 6.95. The molecule has 1 unspecified atom stereocenters. The third-order valence-electron chi connectivity index (χ3n) is 3.12. The highest BCUT2D eigenvalue weighted by molar-refractivity contribution is 9.10. The molecule has 1 aliphatic heterocycles. The van der Waals surface area contributed by atoms with Crippen LogP contribution in [0.4, 0.5) is 0 Å². The van der Waals surface area contributed by atoms with Gasteiger partial charge in [0.1, 0.15) is 0 Å². The first-order valence-electron chi connectivity index (χ1n) is 5.72. The summed E-state index contributed by atoms with van der Waals surface area (Å²) in [5.41, 5.74) is 1.31. The summed E-state index contributed by atoms with van der Waals surface area (Å²) < 4.78 is 6.47. The number of halogens is 2. The normalized spacial score (nSPS) is 19.6. The van der Waals surface area contributed by atoms with Crippen LogP contribution >= 0.6 is 27.5 Å². The van der Waals surface area contributed by atoms with Gasteiger partial charge in [-0.05, 0) is 42.9 Å². The maximum Gasteiger partial charge on any atom is 0.0469 e. The molecule has 1 nitrogen and oxygen atoms in total. The predicted octanol–water partition coefficient (Wildman–Crippen LogP) is 4.03. The van der Waals surface area contributed by atoms with Crippen molar-refractivity contribution in [1.29, 1.82) is 0 Å². The molecule has 0 amide bonds. The molecule has 88 valence electrons. The highest BCUT2D eigenvalue weighted by atomic mass is 79.9. The highest BCUT2D eigenvalue weighted by Crippen LogP contribution is 2.26. The van der Waals surface area contributed by atoms with E-state index in [4.69, 9.17) is 16.3 Å². The van der Waals surface area contributed by atoms with E-state index in [0.717, 1.165) is 36.9 Å². The van der Waals surface area contributed by atoms with Crippen molar-refractivity contribution < 1.29 is 4.74 Å². The van der Waals surface area contributed by atoms with Gasteiger partial charge in [-0.25, -0.2) is 0 Å². The van der Waals surface area contributed by atoms with Crippen molar-refractivity contribution in [3.63, 3.8) is 0 Å². The summed E-state index contributed by atoms with van der Waals surface area (Å²) in [6, 6.07) is 8.42. The van der Waals surface area contributed by atoms with E-state index in [0.29, 0.717) is 5.92 Å². The van der Waals surface area contributed by atoms with Gasteiger partial charge < -0.3 is 4.74 Å². The second-order valence-electron chi connectivity index (χ2n) is 4.30. The lowest BCUT2D eigenvalue weighted by Gasteiger charge is -2.26. The molecular weight excluding hydrogens is 287 g/mol. The van der Waals surface area contributed by atoms with E-state index < -0.39 is 0 Å². The minimum atomic E-state index is 0.241. The zero-order chi connectivity index (χ0) is 11.4. The zero-order valence-electron chi connectivity index (χ0n) is 9.16. The van der Waals surface area contributed by atoms with E-state index in [-0.39, 0.29) is 5.38 Å². The third kappa shape index (κ3) is 3.47. The van der Waals surface area contributed by atoms with Crippen molar-refractivity contribution in [2.24, 2.45) is 5.92 Å². The number of ether oxygens (including phenoxy) is 1. The van der Waals surface area contributed by atoms with E-state index in [1.807, 2.05) is 0 Å². The first kappa shape index (κ1) is 12.4. The Kier molecular flexibility index (Phi) is 4.68. The highest BCUT2D eigenvalue weighted by Gasteiger charge is 2.22. The van der Waals surface area contributed by atoms with Crippen LogP contribution in [0, 0.1) is 5.92 Å². The smallest absolute Gasteiger partial charge is 0.0469 e. The van der Waals surface area contributed by atoms with Crippen LogP contribution in [0.1, 0.15) is 18.4 Å². The lowest BCUT2D eigenvalue weighted by Crippen LogP contribution is -2.25. The van der Waals surface area contributed by atoms with Crippen LogP contribution in [0.25, 0.3) is 0 Å². The van der Waals surface area contributed by atoms with E-state index >= 15 is 0 Å². The van der Waals surface area contributed by atoms with Crippen LogP contribution in [-0.2, 0) is 11.2 Å². The van der Waals surface area contributed by atoms with Gasteiger partial charge in [-0.1, -0.05) is 28.1 Å². The summed E-state index contributed by atoms with van der Waals surface area (Å²) in [6.45, 7) is 1.74. The molecule has 0 aromatic heterocycles. The Balaban J connectivity index is 1.90. The van der Waals surface area contributed by atoms with Crippen LogP contribution in [0.15, 0.2) is 28.7 Å². The van der Waals surface area contributed by atoms with Crippen LogP contribution in [0.2, 0.25) is 0 Å². The van der Waals surface area contributed by atoms with Crippen LogP contribution in [0.5, 0.6) is 0 Å². The Morgan fingerprint density at radius 1 is 1.25 bits per heavy atom. The number of hydrogen-bond donors (Lipinski definition) is 0. The second-order valence-corrected chi connectivity index (χ2v) is 5.77. The van der Waals surface area contributed by atoms with Gasteiger partial charge in [0.15, 0.2) is 0 Å². The molecule has 0 bridgehead atoms. The Bertz CT molecular complexity index is 319. The summed E-state index contributed by atoms with van der Waals surface area (Å²) in [5, 5.41) is 0.241. The van der Waals surface area contributed by atoms with Gasteiger partial charge in [-0.2, -0.15) is 0 Å². The quantitative estimate of drug-likeness (QED) is 0.766. The first-order chi connectivity index (χ1) is 7.75. The number of benzene rings is 1. The van der Waals surface area contributed by atoms with Gasteiger partial charge in [0.05, 0.1) is 0 Å². The molecule has 2 rings (SSSR count). The minimum Gasteiger partial charge on any atom is -0.381 e. The average Bonchev–Trinajstić information content (AvgIpc) is 2.33. The molecule has 0 saturated carbocycles. The summed E-state index contributed by atoms with van der Waals surface area (Å²) in [6.07, 6.45) is 3.16. The number of alkyl halides is 1. The van der Waals surface area contributed by atoms with E-state index in [1.165, 1.54) is 5.56 Å². The van der Waals surface area contributed by atoms with Gasteiger partial charge in [-0.3, -0.25) is 0 Å². The van der Waals surface area contributed by atoms with Crippen molar-refractivity contribution in [3.05, 3.63) is 34.3 Å². The van der Waals surface area contributed by atoms with Crippen LogP contribution < -0.4 is 0 Å². The Morgan fingerprint density at radius 2 is 1.88 bits per heavy atom. The molecule has 16 heavy (non-hydrogen) atoms. The molecule has 0 N–H and O–H groups in total. The lowest BCUT2D eigenvalue weighted by atomic mass is 9.92. The summed E-state index contributed by atoms with van der Waals surface area (Å²) in [4.78, 5) is 0. The second kappa shape index (κ2) is 6.04. The molecule has 1 aliphatic rings. The summed E-state index contributed by atoms with van der Waals surface area (Å²) in [5.74, 6) is 0.610. The zero-order valence-corrected chi connectivity index (χ0v) is 11.5. The Morgan fingerprint density at radius 3 is 2.50 bits per heavy atom. The number of rotatable bonds is 3. The van der Waals surface area contributed by atoms with E-state index in [2.05, 4.69) is 40.2 Å². The molecular formula is C13H16BrClO. The fourth-order valence-corrected chi connectivity index (χ4v) is 2.78. The largest absolute Gasteiger partial charge is 0.381 e. The van der Waals surface area contributed by atoms with Crippen LogP contribution in [-0.4, -0.2) is 18.6 Å². The SMILES string of the molecule is ClC(Cc1ccc(Br)cc1)C1CCOCC1. The molecule has 0 spiro atoms. The fourth-order valence-electron chi connectivity index (χ4n) is 2.09. The molecule has 1 aromatic rings. The molecule has 1 atom stereocenters.